The smallest absolute Gasteiger partial charge is 1.00 e. The summed E-state index contributed by atoms with van der Waals surface area (Å²) < 4.78 is 18.7. The maximum Gasteiger partial charge on any atom is 1.00 e. The van der Waals surface area contributed by atoms with Crippen LogP contribution in [0.25, 0.3) is 0 Å². The Kier molecular flexibility index (Phi) is 162. The van der Waals surface area contributed by atoms with Crippen LogP contribution >= 0.6 is 1080 Å². The number of rotatable bonds is 43. The summed E-state index contributed by atoms with van der Waals surface area (Å²) in [6.45, 7) is 4.11. The van der Waals surface area contributed by atoms with Gasteiger partial charge in [0, 0.05) is 82.1 Å². The minimum atomic E-state index is -1.27. The van der Waals surface area contributed by atoms with Gasteiger partial charge in [0.2, 0.25) is 0 Å². The molecule has 0 unspecified atom stereocenters. The van der Waals surface area contributed by atoms with Gasteiger partial charge in [-0.3, -0.25) is 14.4 Å². The number of benzene rings is 3. The fraction of sp³-hybridized carbons (Fsp3) is 0.458. The molecule has 6 rings (SSSR count). The number of methoxy groups -OCH3 is 4. The first kappa shape index (κ1) is 202. The van der Waals surface area contributed by atoms with Gasteiger partial charge in [0.25, 0.3) is 17.7 Å². The third-order valence-corrected chi connectivity index (χ3v) is 5550. The summed E-state index contributed by atoms with van der Waals surface area (Å²) in [4.78, 5) is 102. The third kappa shape index (κ3) is 80.7. The zero-order valence-electron chi connectivity index (χ0n) is 70.5. The number of nitrogens with one attached hydrogen (secondary N) is 1. The molecule has 0 bridgehead atoms. The number of carbonyl (C=O) groups excluding carboxylic acids is 8. The van der Waals surface area contributed by atoms with Crippen molar-refractivity contribution in [2.45, 2.75) is 56.7 Å². The predicted octanol–water partition coefficient (Wildman–Crippen LogP) is 66.9. The van der Waals surface area contributed by atoms with E-state index in [1.807, 2.05) is 7.05 Å². The van der Waals surface area contributed by atoms with Crippen molar-refractivity contribution in [2.75, 3.05) is 88.9 Å². The normalized spacial score (nSPS) is 16.6. The molecule has 3 aromatic carbocycles. The van der Waals surface area contributed by atoms with Crippen LogP contribution in [0.3, 0.4) is 0 Å². The largest absolute Gasteiger partial charge is 1.00 e. The number of esters is 2. The summed E-state index contributed by atoms with van der Waals surface area (Å²) in [6, 6.07) is 19.0. The van der Waals surface area contributed by atoms with Crippen molar-refractivity contribution in [3.05, 3.63) is 106 Å². The van der Waals surface area contributed by atoms with Gasteiger partial charge in [-0.2, -0.15) is 0 Å². The number of carboxylic acid groups (broad SMARTS) is 1. The molecule has 0 aliphatic carbocycles. The monoisotopic (exact) mass is 11000 g/mol. The average molecular weight is 11000 g/mol. The van der Waals surface area contributed by atoms with Gasteiger partial charge >= 0.3 is 1120 Å². The van der Waals surface area contributed by atoms with E-state index in [1.165, 1.54) is 52.7 Å². The van der Waals surface area contributed by atoms with Crippen LogP contribution in [0.1, 0.15) is 101 Å². The number of aromatic carboxylic acids is 1. The van der Waals surface area contributed by atoms with Gasteiger partial charge in [0.05, 0.1) is 45.5 Å². The summed E-state index contributed by atoms with van der Waals surface area (Å²) in [5.41, 5.74) is 2.43. The number of carbonyl (C=O) groups is 8. The maximum absolute atomic E-state index is 12.6. The molecule has 3 aromatic rings. The van der Waals surface area contributed by atoms with Gasteiger partial charge in [-0.1, -0.05) is 12.1 Å². The molecule has 100 heteroatoms. The summed E-state index contributed by atoms with van der Waals surface area (Å²) in [5, 5.41) is 14.0. The quantitative estimate of drug-likeness (QED) is 0.0241. The minimum Gasteiger partial charge on any atom is 1.00 e. The van der Waals surface area contributed by atoms with Crippen LogP contribution in [0.4, 0.5) is 9.59 Å². The minimum absolute atomic E-state index is 0. The first-order valence-electron chi connectivity index (χ1n) is 32.8. The number of piperidine rings is 3. The molecule has 3 aliphatic rings. The van der Waals surface area contributed by atoms with Gasteiger partial charge in [-0.25, -0.2) is 19.2 Å². The summed E-state index contributed by atoms with van der Waals surface area (Å²) in [7, 11) is -5.16. The third-order valence-electron chi connectivity index (χ3n) is 14.9. The van der Waals surface area contributed by atoms with Crippen LogP contribution in [-0.4, -0.2) is 179 Å². The average Bonchev–Trinajstić information content (AvgIpc) is 0.373. The number of ether oxygens (including phenoxy) is 4. The van der Waals surface area contributed by atoms with Crippen molar-refractivity contribution in [3.63, 3.8) is 0 Å². The number of hydrogen-bond acceptors (Lipinski definition) is 14. The van der Waals surface area contributed by atoms with Crippen molar-refractivity contribution in [2.24, 2.45) is 0 Å². The van der Waals surface area contributed by atoms with E-state index in [0.717, 1.165) is 25.9 Å². The standard InChI is InChI=1S/C17H22N2O5.C16H20N2O5.C15H20N2O3.ClH.I28.I27.I24.Li/c1-18(14-8-10-19(11-9-14)17(22)24-3)15(20)12-4-6-13(7-5-12)16(21)23-2;1-17(13-7-9-18(10-8-13)16(22)23-2)14(19)11-3-5-12(6-4-11)15(20)21;1-17(13-7-9-16-10-8-13)14(18)11-3-5-12(6-4-11)15(19)20-2;;1-16(2)18(5)20(7)22(9)24(11)26(13)28(15)27(14)25(12)23(10)21(8)19(6)17(3)4;1-15-17(4)19(6)21(8)23(10)25(12)27(14)26(13)24(11)22(9)20(7)18(5)16(2)3;1-14(2)16(5)18(7)20(9)22(11)24(13)23(12)21(10)19(8)17(6)15(3)4;/h4-7,14H,8-11H2,1-3H3;3-6,13H,7-10H2,1-2H3,(H,20,21);3-6,13,16H,7-10H2,1-2H3;1H;;;;/q;;;;;-1;;+1/p-1. The van der Waals surface area contributed by atoms with Crippen molar-refractivity contribution in [3.8, 4) is 0 Å². The Morgan fingerprint density at radius 2 is 0.439 bits per heavy atom. The van der Waals surface area contributed by atoms with Crippen LogP contribution in [0.15, 0.2) is 72.8 Å². The summed E-state index contributed by atoms with van der Waals surface area (Å²) in [6.07, 6.45) is 4.03. The number of amides is 5. The molecule has 3 aliphatic heterocycles. The van der Waals surface area contributed by atoms with E-state index in [9.17, 15) is 43.5 Å². The van der Waals surface area contributed by atoms with E-state index >= 15 is 0 Å². The molecule has 3 fully saturated rings. The molecule has 0 atom stereocenters. The van der Waals surface area contributed by atoms with Crippen molar-refractivity contribution >= 4 is 1130 Å². The second-order valence-electron chi connectivity index (χ2n) is 22.0. The van der Waals surface area contributed by atoms with Crippen LogP contribution < -0.4 is 42.5 Å². The summed E-state index contributed by atoms with van der Waals surface area (Å²) >= 11 is 131. The molecular weight excluding hydrogens is 10900 g/mol. The number of nitrogens with zero attached hydrogens (tertiary/aromatic N) is 5. The van der Waals surface area contributed by atoms with Crippen LogP contribution in [-0.2, 0) is 18.9 Å². The van der Waals surface area contributed by atoms with E-state index in [-0.39, 0.29) is 101 Å². The molecule has 0 radical (unpaired) electrons. The second-order valence-corrected chi connectivity index (χ2v) is 1790. The fourth-order valence-electron chi connectivity index (χ4n) is 8.86. The maximum atomic E-state index is 12.6. The Morgan fingerprint density at radius 3 is 0.601 bits per heavy atom. The van der Waals surface area contributed by atoms with Crippen molar-refractivity contribution < 1.29 is 94.5 Å². The van der Waals surface area contributed by atoms with Crippen molar-refractivity contribution in [1.29, 1.82) is 0 Å². The van der Waals surface area contributed by atoms with E-state index in [0.29, 0.717) is 92.9 Å². The van der Waals surface area contributed by atoms with Gasteiger partial charge in [0.1, 0.15) is 0 Å². The second kappa shape index (κ2) is 119. The molecule has 3 heterocycles. The Bertz CT molecular complexity index is 4240. The zero-order chi connectivity index (χ0) is 113. The Hall–Kier alpha value is 51.5. The molecule has 1 N–H and O–H groups in total. The SMILES string of the molecule is COC(=O)N1CCC(N(C)C(=O)c2ccc(C(=O)[O-])cc2)CC1.COC(=O)c1ccc(C(=O)N(C)C2CCN(C(=O)OC)CC2)cc1.COC(=O)c1ccc(C(=O)N(C)C2CCNCC2)cc1.Cl.II(I)I(I)I(I)I(I)I(I)I(I)I(I)I(I)I(I)I(I)I(I)I.II(I)I(I)I(I)I(I)I(I)I(I)I(I)I(I)I(I)I(I)I(I)I(I)I(I)I.I[I-]I(I)I(I)I(I)I(I)I(I)I(I)I(I)I(I)I(I)I(I)I(I)I(I)I.[Li+]. The molecular formula is C48H62ClI79LiN6O13-. The number of hydrogen-bond donors (Lipinski definition) is 1. The summed E-state index contributed by atoms with van der Waals surface area (Å²) in [5.74, 6) is -2.39. The molecule has 0 spiro atoms. The molecule has 3 saturated heterocycles. The topological polar surface area (TPSA) is 225 Å². The molecule has 0 aromatic heterocycles. The van der Waals surface area contributed by atoms with Gasteiger partial charge in [-0.15, -0.1) is 12.4 Å². The Balaban J connectivity index is 0. The number of halogens is 80. The molecule has 924 valence electrons. The van der Waals surface area contributed by atoms with Crippen LogP contribution in [0.5, 0.6) is 0 Å². The van der Waals surface area contributed by atoms with E-state index in [2.05, 4.69) is 801 Å². The van der Waals surface area contributed by atoms with Crippen molar-refractivity contribution in [1.82, 2.24) is 29.8 Å². The molecule has 148 heavy (non-hydrogen) atoms. The molecule has 0 saturated carbocycles. The Morgan fingerprint density at radius 1 is 0.277 bits per heavy atom. The predicted molar refractivity (Wildman–Crippen MR) is 1340 cm³/mol. The fourth-order valence-corrected chi connectivity index (χ4v) is 12800. The molecule has 5 amide bonds. The van der Waals surface area contributed by atoms with E-state index in [1.54, 1.807) is 87.1 Å². The van der Waals surface area contributed by atoms with Gasteiger partial charge in [0.15, 0.2) is 0 Å². The van der Waals surface area contributed by atoms with Crippen LogP contribution in [0, 0.1) is 0 Å². The first-order valence-corrected chi connectivity index (χ1v) is 510. The van der Waals surface area contributed by atoms with Gasteiger partial charge in [-0.05, 0) is 118 Å². The molecule has 19 nitrogen and oxygen atoms in total. The zero-order valence-corrected chi connectivity index (χ0v) is 242. The number of carboxylic acids is 1. The first-order chi connectivity index (χ1) is 67.8. The van der Waals surface area contributed by atoms with E-state index < -0.39 is 286 Å². The number of likely N-dealkylation sites (tertiary alicyclic amines) is 2. The Labute approximate surface area is 1430 Å². The van der Waals surface area contributed by atoms with Crippen LogP contribution in [0.2, 0.25) is 0 Å². The van der Waals surface area contributed by atoms with E-state index in [4.69, 9.17) is 4.74 Å². The van der Waals surface area contributed by atoms with Gasteiger partial charge < -0.3 is 58.7 Å².